The number of hydrogen-bond donors (Lipinski definition) is 0. The van der Waals surface area contributed by atoms with Crippen LogP contribution in [0, 0.1) is 11.3 Å². The normalized spacial score (nSPS) is 9.82. The molecule has 0 radical (unpaired) electrons. The molecule has 0 amide bonds. The fraction of sp³-hybridized carbons (Fsp3) is 0.167. The van der Waals surface area contributed by atoms with Crippen LogP contribution in [0.3, 0.4) is 0 Å². The lowest BCUT2D eigenvalue weighted by Crippen LogP contribution is -1.97. The van der Waals surface area contributed by atoms with Gasteiger partial charge in [0, 0.05) is 24.2 Å². The molecule has 2 aromatic rings. The van der Waals surface area contributed by atoms with Crippen LogP contribution in [0.5, 0.6) is 0 Å². The maximum atomic E-state index is 11.0. The minimum Gasteiger partial charge on any atom is -0.298 e. The molecule has 0 spiro atoms. The monoisotopic (exact) mass is 226 g/mol. The second-order valence-corrected chi connectivity index (χ2v) is 3.46. The first-order valence-electron chi connectivity index (χ1n) is 5.15. The molecule has 0 N–H and O–H groups in total. The highest BCUT2D eigenvalue weighted by atomic mass is 16.1. The van der Waals surface area contributed by atoms with E-state index in [9.17, 15) is 4.79 Å². The molecule has 0 aliphatic carbocycles. The van der Waals surface area contributed by atoms with Crippen LogP contribution in [-0.2, 0) is 6.54 Å². The van der Waals surface area contributed by atoms with Crippen LogP contribution in [0.4, 0.5) is 0 Å². The molecule has 0 saturated heterocycles. The number of carbonyl (C=O) groups excluding carboxylic acids is 1. The lowest BCUT2D eigenvalue weighted by Gasteiger charge is -1.96. The minimum atomic E-state index is 0.371. The molecule has 2 rings (SSSR count). The largest absolute Gasteiger partial charge is 0.298 e. The standard InChI is InChI=1S/C12H10N4O/c13-4-1-7-16-8-11(9-17)12(15-16)10-2-5-14-6-3-10/h2-3,5-6,8-9H,1,7H2. The minimum absolute atomic E-state index is 0.371. The van der Waals surface area contributed by atoms with E-state index in [1.165, 1.54) is 0 Å². The van der Waals surface area contributed by atoms with Crippen LogP contribution in [0.2, 0.25) is 0 Å². The molecule has 0 bridgehead atoms. The first-order chi connectivity index (χ1) is 8.35. The molecule has 0 aliphatic rings. The third-order valence-corrected chi connectivity index (χ3v) is 2.32. The zero-order valence-corrected chi connectivity index (χ0v) is 9.08. The topological polar surface area (TPSA) is 71.6 Å². The van der Waals surface area contributed by atoms with Gasteiger partial charge in [0.15, 0.2) is 6.29 Å². The van der Waals surface area contributed by atoms with Crippen molar-refractivity contribution in [1.29, 1.82) is 5.26 Å². The van der Waals surface area contributed by atoms with E-state index in [0.29, 0.717) is 24.2 Å². The van der Waals surface area contributed by atoms with E-state index in [4.69, 9.17) is 5.26 Å². The van der Waals surface area contributed by atoms with Crippen LogP contribution in [0.15, 0.2) is 30.7 Å². The average molecular weight is 226 g/mol. The van der Waals surface area contributed by atoms with Gasteiger partial charge in [-0.05, 0) is 12.1 Å². The van der Waals surface area contributed by atoms with Crippen molar-refractivity contribution in [2.24, 2.45) is 0 Å². The molecular weight excluding hydrogens is 216 g/mol. The first-order valence-corrected chi connectivity index (χ1v) is 5.15. The summed E-state index contributed by atoms with van der Waals surface area (Å²) in [6.07, 6.45) is 6.10. The fourth-order valence-electron chi connectivity index (χ4n) is 1.54. The van der Waals surface area contributed by atoms with Crippen LogP contribution < -0.4 is 0 Å². The Hall–Kier alpha value is -2.48. The van der Waals surface area contributed by atoms with Gasteiger partial charge in [-0.25, -0.2) is 0 Å². The summed E-state index contributed by atoms with van der Waals surface area (Å²) in [5.41, 5.74) is 1.99. The number of pyridine rings is 1. The number of aromatic nitrogens is 3. The Kier molecular flexibility index (Phi) is 3.26. The van der Waals surface area contributed by atoms with E-state index in [0.717, 1.165) is 11.8 Å². The summed E-state index contributed by atoms with van der Waals surface area (Å²) in [6.45, 7) is 0.489. The van der Waals surface area contributed by atoms with Gasteiger partial charge in [0.05, 0.1) is 24.6 Å². The predicted octanol–water partition coefficient (Wildman–Crippen LogP) is 1.67. The van der Waals surface area contributed by atoms with Gasteiger partial charge in [-0.15, -0.1) is 0 Å². The zero-order valence-electron chi connectivity index (χ0n) is 9.08. The van der Waals surface area contributed by atoms with Gasteiger partial charge in [-0.3, -0.25) is 14.5 Å². The third kappa shape index (κ3) is 2.37. The number of aryl methyl sites for hydroxylation is 1. The van der Waals surface area contributed by atoms with Crippen molar-refractivity contribution in [2.45, 2.75) is 13.0 Å². The van der Waals surface area contributed by atoms with Crippen molar-refractivity contribution in [1.82, 2.24) is 14.8 Å². The van der Waals surface area contributed by atoms with Gasteiger partial charge >= 0.3 is 0 Å². The van der Waals surface area contributed by atoms with Crippen molar-refractivity contribution in [3.63, 3.8) is 0 Å². The lowest BCUT2D eigenvalue weighted by atomic mass is 10.1. The number of aldehydes is 1. The van der Waals surface area contributed by atoms with Gasteiger partial charge < -0.3 is 0 Å². The van der Waals surface area contributed by atoms with E-state index in [2.05, 4.69) is 10.1 Å². The molecule has 5 heteroatoms. The Labute approximate surface area is 98.3 Å². The molecule has 17 heavy (non-hydrogen) atoms. The molecular formula is C12H10N4O. The summed E-state index contributed by atoms with van der Waals surface area (Å²) < 4.78 is 1.61. The number of hydrogen-bond acceptors (Lipinski definition) is 4. The Bertz CT molecular complexity index is 554. The van der Waals surface area contributed by atoms with Gasteiger partial charge in [0.2, 0.25) is 0 Å². The summed E-state index contributed by atoms with van der Waals surface area (Å²) in [6, 6.07) is 5.63. The first kappa shape index (κ1) is 11.0. The fourth-order valence-corrected chi connectivity index (χ4v) is 1.54. The van der Waals surface area contributed by atoms with Gasteiger partial charge in [-0.2, -0.15) is 10.4 Å². The van der Waals surface area contributed by atoms with E-state index in [-0.39, 0.29) is 0 Å². The van der Waals surface area contributed by atoms with Crippen molar-refractivity contribution >= 4 is 6.29 Å². The third-order valence-electron chi connectivity index (χ3n) is 2.32. The maximum Gasteiger partial charge on any atom is 0.153 e. The average Bonchev–Trinajstić information content (AvgIpc) is 2.80. The summed E-state index contributed by atoms with van der Waals surface area (Å²) in [4.78, 5) is 14.9. The highest BCUT2D eigenvalue weighted by Gasteiger charge is 2.09. The Morgan fingerprint density at radius 1 is 1.41 bits per heavy atom. The molecule has 0 unspecified atom stereocenters. The quantitative estimate of drug-likeness (QED) is 0.743. The van der Waals surface area contributed by atoms with Gasteiger partial charge in [-0.1, -0.05) is 0 Å². The van der Waals surface area contributed by atoms with Gasteiger partial charge in [0.25, 0.3) is 0 Å². The SMILES string of the molecule is N#CCCn1cc(C=O)c(-c2ccncc2)n1. The van der Waals surface area contributed by atoms with Crippen molar-refractivity contribution < 1.29 is 4.79 Å². The Balaban J connectivity index is 2.37. The molecule has 84 valence electrons. The van der Waals surface area contributed by atoms with E-state index in [1.807, 2.05) is 6.07 Å². The molecule has 0 aliphatic heterocycles. The second kappa shape index (κ2) is 5.03. The molecule has 2 aromatic heterocycles. The number of nitriles is 1. The Morgan fingerprint density at radius 2 is 2.18 bits per heavy atom. The van der Waals surface area contributed by atoms with Crippen LogP contribution >= 0.6 is 0 Å². The van der Waals surface area contributed by atoms with Crippen molar-refractivity contribution in [2.75, 3.05) is 0 Å². The van der Waals surface area contributed by atoms with Crippen LogP contribution in [-0.4, -0.2) is 21.1 Å². The molecule has 0 aromatic carbocycles. The Morgan fingerprint density at radius 3 is 2.82 bits per heavy atom. The van der Waals surface area contributed by atoms with Crippen molar-refractivity contribution in [3.8, 4) is 17.3 Å². The van der Waals surface area contributed by atoms with E-state index < -0.39 is 0 Å². The lowest BCUT2D eigenvalue weighted by molar-refractivity contribution is 0.112. The smallest absolute Gasteiger partial charge is 0.153 e. The molecule has 5 nitrogen and oxygen atoms in total. The summed E-state index contributed by atoms with van der Waals surface area (Å²) in [5, 5.41) is 12.8. The zero-order chi connectivity index (χ0) is 12.1. The molecule has 0 saturated carbocycles. The highest BCUT2D eigenvalue weighted by molar-refractivity contribution is 5.85. The van der Waals surface area contributed by atoms with Crippen LogP contribution in [0.1, 0.15) is 16.8 Å². The van der Waals surface area contributed by atoms with Gasteiger partial charge in [0.1, 0.15) is 5.69 Å². The van der Waals surface area contributed by atoms with Crippen LogP contribution in [0.25, 0.3) is 11.3 Å². The number of nitrogens with zero attached hydrogens (tertiary/aromatic N) is 4. The molecule has 0 atom stereocenters. The molecule has 2 heterocycles. The molecule has 0 fully saturated rings. The van der Waals surface area contributed by atoms with Crippen molar-refractivity contribution in [3.05, 3.63) is 36.3 Å². The highest BCUT2D eigenvalue weighted by Crippen LogP contribution is 2.19. The number of rotatable bonds is 4. The van der Waals surface area contributed by atoms with E-state index >= 15 is 0 Å². The predicted molar refractivity (Wildman–Crippen MR) is 61.1 cm³/mol. The number of carbonyl (C=O) groups is 1. The maximum absolute atomic E-state index is 11.0. The summed E-state index contributed by atoms with van der Waals surface area (Å²) in [7, 11) is 0. The van der Waals surface area contributed by atoms with E-state index in [1.54, 1.807) is 35.4 Å². The summed E-state index contributed by atoms with van der Waals surface area (Å²) >= 11 is 0. The summed E-state index contributed by atoms with van der Waals surface area (Å²) in [5.74, 6) is 0. The second-order valence-electron chi connectivity index (χ2n) is 3.46.